The summed E-state index contributed by atoms with van der Waals surface area (Å²) in [4.78, 5) is 17.5. The average molecular weight is 269 g/mol. The summed E-state index contributed by atoms with van der Waals surface area (Å²) in [6, 6.07) is 0. The Kier molecular flexibility index (Phi) is 3.87. The quantitative estimate of drug-likeness (QED) is 0.875. The molecule has 0 aliphatic carbocycles. The SMILES string of the molecule is CN1CCC(C)(CNc2ncc(C(=O)O)s2)CC1. The summed E-state index contributed by atoms with van der Waals surface area (Å²) in [6.07, 6.45) is 3.73. The highest BCUT2D eigenvalue weighted by atomic mass is 32.1. The lowest BCUT2D eigenvalue weighted by Gasteiger charge is -2.37. The largest absolute Gasteiger partial charge is 0.477 e. The number of carboxylic acid groups (broad SMARTS) is 1. The first-order valence-corrected chi connectivity index (χ1v) is 6.92. The van der Waals surface area contributed by atoms with Crippen LogP contribution in [0.5, 0.6) is 0 Å². The number of carbonyl (C=O) groups is 1. The van der Waals surface area contributed by atoms with E-state index in [2.05, 4.69) is 29.2 Å². The average Bonchev–Trinajstić information content (AvgIpc) is 2.80. The summed E-state index contributed by atoms with van der Waals surface area (Å²) in [5, 5.41) is 12.8. The molecule has 1 aromatic heterocycles. The van der Waals surface area contributed by atoms with Crippen LogP contribution in [0.4, 0.5) is 5.13 Å². The second-order valence-electron chi connectivity index (χ2n) is 5.30. The van der Waals surface area contributed by atoms with Crippen molar-refractivity contribution < 1.29 is 9.90 Å². The fourth-order valence-electron chi connectivity index (χ4n) is 2.08. The molecule has 18 heavy (non-hydrogen) atoms. The zero-order valence-electron chi connectivity index (χ0n) is 10.8. The molecule has 0 unspecified atom stereocenters. The van der Waals surface area contributed by atoms with Crippen LogP contribution in [0.3, 0.4) is 0 Å². The molecule has 0 amide bonds. The first kappa shape index (κ1) is 13.3. The minimum atomic E-state index is -0.911. The molecule has 0 radical (unpaired) electrons. The molecule has 2 heterocycles. The van der Waals surface area contributed by atoms with E-state index in [4.69, 9.17) is 5.11 Å². The van der Waals surface area contributed by atoms with E-state index in [1.165, 1.54) is 17.5 Å². The summed E-state index contributed by atoms with van der Waals surface area (Å²) in [5.74, 6) is -0.911. The summed E-state index contributed by atoms with van der Waals surface area (Å²) < 4.78 is 0. The highest BCUT2D eigenvalue weighted by molar-refractivity contribution is 7.17. The van der Waals surface area contributed by atoms with Crippen LogP contribution in [0.15, 0.2) is 6.20 Å². The number of aromatic nitrogens is 1. The highest BCUT2D eigenvalue weighted by Gasteiger charge is 2.28. The Labute approximate surface area is 111 Å². The van der Waals surface area contributed by atoms with Gasteiger partial charge in [0, 0.05) is 6.54 Å². The molecule has 1 aliphatic rings. The Morgan fingerprint density at radius 3 is 2.83 bits per heavy atom. The van der Waals surface area contributed by atoms with Gasteiger partial charge in [0.1, 0.15) is 4.88 Å². The van der Waals surface area contributed by atoms with Gasteiger partial charge < -0.3 is 15.3 Å². The Morgan fingerprint density at radius 1 is 1.61 bits per heavy atom. The number of nitrogens with one attached hydrogen (secondary N) is 1. The first-order chi connectivity index (χ1) is 8.48. The van der Waals surface area contributed by atoms with Crippen LogP contribution in [-0.2, 0) is 0 Å². The molecule has 0 saturated carbocycles. The fraction of sp³-hybridized carbons (Fsp3) is 0.667. The minimum Gasteiger partial charge on any atom is -0.477 e. The summed E-state index contributed by atoms with van der Waals surface area (Å²) in [5.41, 5.74) is 0.279. The molecule has 1 saturated heterocycles. The Balaban J connectivity index is 1.88. The Bertz CT molecular complexity index is 425. The van der Waals surface area contributed by atoms with E-state index in [1.54, 1.807) is 0 Å². The van der Waals surface area contributed by atoms with E-state index in [9.17, 15) is 4.79 Å². The molecule has 0 spiro atoms. The van der Waals surface area contributed by atoms with Crippen molar-refractivity contribution in [2.75, 3.05) is 32.0 Å². The van der Waals surface area contributed by atoms with Crippen molar-refractivity contribution in [2.24, 2.45) is 5.41 Å². The molecule has 2 rings (SSSR count). The standard InChI is InChI=1S/C12H19N3O2S/c1-12(3-5-15(2)6-4-12)8-14-11-13-7-9(18-11)10(16)17/h7H,3-6,8H2,1-2H3,(H,13,14)(H,16,17). The maximum atomic E-state index is 10.8. The number of hydrogen-bond acceptors (Lipinski definition) is 5. The summed E-state index contributed by atoms with van der Waals surface area (Å²) in [7, 11) is 2.15. The van der Waals surface area contributed by atoms with E-state index < -0.39 is 5.97 Å². The molecular weight excluding hydrogens is 250 g/mol. The molecule has 1 fully saturated rings. The number of rotatable bonds is 4. The third-order valence-corrected chi connectivity index (χ3v) is 4.52. The van der Waals surface area contributed by atoms with Crippen molar-refractivity contribution in [1.82, 2.24) is 9.88 Å². The number of thiazole rings is 1. The lowest BCUT2D eigenvalue weighted by Crippen LogP contribution is -2.40. The van der Waals surface area contributed by atoms with Gasteiger partial charge >= 0.3 is 5.97 Å². The topological polar surface area (TPSA) is 65.5 Å². The predicted octanol–water partition coefficient (Wildman–Crippen LogP) is 1.99. The number of hydrogen-bond donors (Lipinski definition) is 2. The number of aromatic carboxylic acids is 1. The van der Waals surface area contributed by atoms with Gasteiger partial charge in [-0.1, -0.05) is 18.3 Å². The lowest BCUT2D eigenvalue weighted by atomic mass is 9.80. The number of anilines is 1. The van der Waals surface area contributed by atoms with Gasteiger partial charge in [-0.05, 0) is 38.4 Å². The van der Waals surface area contributed by atoms with Crippen molar-refractivity contribution in [3.8, 4) is 0 Å². The van der Waals surface area contributed by atoms with Crippen LogP contribution < -0.4 is 5.32 Å². The van der Waals surface area contributed by atoms with E-state index in [0.29, 0.717) is 5.13 Å². The van der Waals surface area contributed by atoms with Crippen molar-refractivity contribution in [1.29, 1.82) is 0 Å². The van der Waals surface area contributed by atoms with Crippen LogP contribution in [0.1, 0.15) is 29.4 Å². The van der Waals surface area contributed by atoms with Gasteiger partial charge in [-0.25, -0.2) is 9.78 Å². The van der Waals surface area contributed by atoms with Gasteiger partial charge in [-0.15, -0.1) is 0 Å². The molecule has 2 N–H and O–H groups in total. The van der Waals surface area contributed by atoms with Gasteiger partial charge in [0.15, 0.2) is 5.13 Å². The van der Waals surface area contributed by atoms with Crippen molar-refractivity contribution in [3.05, 3.63) is 11.1 Å². The van der Waals surface area contributed by atoms with E-state index in [1.807, 2.05) is 0 Å². The van der Waals surface area contributed by atoms with Crippen molar-refractivity contribution >= 4 is 22.4 Å². The number of likely N-dealkylation sites (tertiary alicyclic amines) is 1. The van der Waals surface area contributed by atoms with E-state index in [0.717, 1.165) is 32.5 Å². The van der Waals surface area contributed by atoms with Gasteiger partial charge in [-0.2, -0.15) is 0 Å². The number of carboxylic acids is 1. The normalized spacial score (nSPS) is 19.7. The molecular formula is C12H19N3O2S. The van der Waals surface area contributed by atoms with Crippen molar-refractivity contribution in [2.45, 2.75) is 19.8 Å². The molecule has 100 valence electrons. The van der Waals surface area contributed by atoms with Gasteiger partial charge in [0.05, 0.1) is 6.20 Å². The smallest absolute Gasteiger partial charge is 0.347 e. The molecule has 1 aromatic rings. The van der Waals surface area contributed by atoms with Gasteiger partial charge in [0.2, 0.25) is 0 Å². The molecule has 0 atom stereocenters. The van der Waals surface area contributed by atoms with E-state index >= 15 is 0 Å². The van der Waals surface area contributed by atoms with Crippen LogP contribution in [0, 0.1) is 5.41 Å². The second-order valence-corrected chi connectivity index (χ2v) is 6.33. The predicted molar refractivity (Wildman–Crippen MR) is 72.4 cm³/mol. The third-order valence-electron chi connectivity index (χ3n) is 3.58. The molecule has 6 heteroatoms. The lowest BCUT2D eigenvalue weighted by molar-refractivity contribution is 0.0702. The van der Waals surface area contributed by atoms with Crippen molar-refractivity contribution in [3.63, 3.8) is 0 Å². The monoisotopic (exact) mass is 269 g/mol. The minimum absolute atomic E-state index is 0.279. The molecule has 0 bridgehead atoms. The zero-order valence-corrected chi connectivity index (χ0v) is 11.6. The first-order valence-electron chi connectivity index (χ1n) is 6.10. The summed E-state index contributed by atoms with van der Waals surface area (Å²) >= 11 is 1.20. The van der Waals surface area contributed by atoms with Crippen LogP contribution in [0.25, 0.3) is 0 Å². The third kappa shape index (κ3) is 3.20. The molecule has 1 aliphatic heterocycles. The summed E-state index contributed by atoms with van der Waals surface area (Å²) in [6.45, 7) is 5.37. The van der Waals surface area contributed by atoms with Gasteiger partial charge in [0.25, 0.3) is 0 Å². The van der Waals surface area contributed by atoms with E-state index in [-0.39, 0.29) is 10.3 Å². The number of piperidine rings is 1. The fourth-order valence-corrected chi connectivity index (χ4v) is 2.73. The number of nitrogens with zero attached hydrogens (tertiary/aromatic N) is 2. The van der Waals surface area contributed by atoms with Crippen LogP contribution in [-0.4, -0.2) is 47.6 Å². The van der Waals surface area contributed by atoms with Crippen LogP contribution in [0.2, 0.25) is 0 Å². The van der Waals surface area contributed by atoms with Crippen LogP contribution >= 0.6 is 11.3 Å². The molecule has 0 aromatic carbocycles. The Hall–Kier alpha value is -1.14. The molecule has 5 nitrogen and oxygen atoms in total. The Morgan fingerprint density at radius 2 is 2.28 bits per heavy atom. The second kappa shape index (κ2) is 5.24. The maximum absolute atomic E-state index is 10.8. The maximum Gasteiger partial charge on any atom is 0.347 e. The zero-order chi connectivity index (χ0) is 13.2. The van der Waals surface area contributed by atoms with Gasteiger partial charge in [-0.3, -0.25) is 0 Å². The highest BCUT2D eigenvalue weighted by Crippen LogP contribution is 2.31.